The Morgan fingerprint density at radius 3 is 2.76 bits per heavy atom. The smallest absolute Gasteiger partial charge is 0.191 e. The van der Waals surface area contributed by atoms with Gasteiger partial charge in [-0.15, -0.1) is 0 Å². The average Bonchev–Trinajstić information content (AvgIpc) is 3.14. The molecule has 1 heterocycles. The van der Waals surface area contributed by atoms with Crippen molar-refractivity contribution in [1.29, 1.82) is 0 Å². The Balaban J connectivity index is 1.63. The van der Waals surface area contributed by atoms with Crippen molar-refractivity contribution in [2.45, 2.75) is 51.1 Å². The topological polar surface area (TPSA) is 39.7 Å². The van der Waals surface area contributed by atoms with Crippen LogP contribution in [0.3, 0.4) is 0 Å². The average molecular weight is 238 g/mol. The first-order valence-electron chi connectivity index (χ1n) is 7.01. The van der Waals surface area contributed by atoms with Gasteiger partial charge in [-0.1, -0.05) is 6.42 Å². The quantitative estimate of drug-likeness (QED) is 0.571. The minimum atomic E-state index is 0.676. The summed E-state index contributed by atoms with van der Waals surface area (Å²) in [4.78, 5) is 6.83. The standard InChI is InChI=1S/C13H26N4/c1-11-5-3-4-9-17(11)10-8-15-13(14-2)16-12-6-7-12/h11-12H,3-10H2,1-2H3,(H2,14,15,16). The summed E-state index contributed by atoms with van der Waals surface area (Å²) in [5.74, 6) is 0.970. The van der Waals surface area contributed by atoms with Gasteiger partial charge in [-0.25, -0.2) is 0 Å². The van der Waals surface area contributed by atoms with Crippen LogP contribution in [0.2, 0.25) is 0 Å². The fourth-order valence-electron chi connectivity index (χ4n) is 2.42. The fraction of sp³-hybridized carbons (Fsp3) is 0.923. The lowest BCUT2D eigenvalue weighted by molar-refractivity contribution is 0.163. The fourth-order valence-corrected chi connectivity index (χ4v) is 2.42. The van der Waals surface area contributed by atoms with E-state index in [2.05, 4.69) is 27.4 Å². The molecule has 0 spiro atoms. The third-order valence-electron chi connectivity index (χ3n) is 3.77. The number of nitrogens with zero attached hydrogens (tertiary/aromatic N) is 2. The van der Waals surface area contributed by atoms with Gasteiger partial charge in [-0.05, 0) is 39.2 Å². The van der Waals surface area contributed by atoms with Gasteiger partial charge < -0.3 is 10.6 Å². The summed E-state index contributed by atoms with van der Waals surface area (Å²) in [5.41, 5.74) is 0. The van der Waals surface area contributed by atoms with Crippen LogP contribution < -0.4 is 10.6 Å². The van der Waals surface area contributed by atoms with Gasteiger partial charge >= 0.3 is 0 Å². The lowest BCUT2D eigenvalue weighted by Gasteiger charge is -2.33. The summed E-state index contributed by atoms with van der Waals surface area (Å²) in [7, 11) is 1.85. The van der Waals surface area contributed by atoms with Crippen molar-refractivity contribution in [3.8, 4) is 0 Å². The molecule has 1 atom stereocenters. The normalized spacial score (nSPS) is 26.9. The maximum absolute atomic E-state index is 4.25. The molecule has 98 valence electrons. The molecule has 2 rings (SSSR count). The number of guanidine groups is 1. The minimum absolute atomic E-state index is 0.676. The maximum atomic E-state index is 4.25. The molecule has 4 nitrogen and oxygen atoms in total. The zero-order chi connectivity index (χ0) is 12.1. The molecule has 2 fully saturated rings. The summed E-state index contributed by atoms with van der Waals surface area (Å²) in [6, 6.07) is 1.43. The molecule has 0 amide bonds. The van der Waals surface area contributed by atoms with Crippen LogP contribution in [0.25, 0.3) is 0 Å². The van der Waals surface area contributed by atoms with Crippen LogP contribution in [0.5, 0.6) is 0 Å². The Bertz CT molecular complexity index is 260. The minimum Gasteiger partial charge on any atom is -0.355 e. The Labute approximate surface area is 105 Å². The molecule has 0 aromatic carbocycles. The van der Waals surface area contributed by atoms with E-state index < -0.39 is 0 Å². The molecular weight excluding hydrogens is 212 g/mol. The van der Waals surface area contributed by atoms with Crippen molar-refractivity contribution in [2.75, 3.05) is 26.7 Å². The first-order valence-corrected chi connectivity index (χ1v) is 7.01. The predicted molar refractivity (Wildman–Crippen MR) is 72.4 cm³/mol. The van der Waals surface area contributed by atoms with Crippen LogP contribution in [0.1, 0.15) is 39.0 Å². The van der Waals surface area contributed by atoms with E-state index in [1.54, 1.807) is 0 Å². The van der Waals surface area contributed by atoms with Crippen LogP contribution in [0, 0.1) is 0 Å². The lowest BCUT2D eigenvalue weighted by Crippen LogP contribution is -2.45. The van der Waals surface area contributed by atoms with Gasteiger partial charge in [-0.2, -0.15) is 0 Å². The molecule has 2 aliphatic rings. The number of hydrogen-bond donors (Lipinski definition) is 2. The Morgan fingerprint density at radius 2 is 2.12 bits per heavy atom. The molecule has 1 aliphatic carbocycles. The van der Waals surface area contributed by atoms with Crippen LogP contribution in [0.15, 0.2) is 4.99 Å². The molecule has 1 aliphatic heterocycles. The number of nitrogens with one attached hydrogen (secondary N) is 2. The van der Waals surface area contributed by atoms with E-state index in [1.165, 1.54) is 38.6 Å². The summed E-state index contributed by atoms with van der Waals surface area (Å²) in [5, 5.41) is 6.82. The van der Waals surface area contributed by atoms with E-state index in [4.69, 9.17) is 0 Å². The summed E-state index contributed by atoms with van der Waals surface area (Å²) in [6.07, 6.45) is 6.71. The molecule has 1 unspecified atom stereocenters. The first kappa shape index (κ1) is 12.7. The molecule has 2 N–H and O–H groups in total. The second kappa shape index (κ2) is 6.24. The molecule has 4 heteroatoms. The van der Waals surface area contributed by atoms with E-state index in [-0.39, 0.29) is 0 Å². The van der Waals surface area contributed by atoms with Crippen molar-refractivity contribution >= 4 is 5.96 Å². The monoisotopic (exact) mass is 238 g/mol. The Kier molecular flexibility index (Phi) is 4.66. The van der Waals surface area contributed by atoms with E-state index in [9.17, 15) is 0 Å². The van der Waals surface area contributed by atoms with Gasteiger partial charge in [0.05, 0.1) is 0 Å². The number of piperidine rings is 1. The predicted octanol–water partition coefficient (Wildman–Crippen LogP) is 1.19. The Morgan fingerprint density at radius 1 is 1.29 bits per heavy atom. The van der Waals surface area contributed by atoms with E-state index in [0.29, 0.717) is 6.04 Å². The zero-order valence-electron chi connectivity index (χ0n) is 11.2. The highest BCUT2D eigenvalue weighted by atomic mass is 15.2. The van der Waals surface area contributed by atoms with Crippen molar-refractivity contribution in [3.05, 3.63) is 0 Å². The number of hydrogen-bond acceptors (Lipinski definition) is 2. The van der Waals surface area contributed by atoms with Crippen LogP contribution >= 0.6 is 0 Å². The molecule has 0 radical (unpaired) electrons. The second-order valence-corrected chi connectivity index (χ2v) is 5.30. The summed E-state index contributed by atoms with van der Waals surface area (Å²) >= 11 is 0. The molecule has 0 aromatic heterocycles. The van der Waals surface area contributed by atoms with Gasteiger partial charge in [-0.3, -0.25) is 9.89 Å². The highest BCUT2D eigenvalue weighted by Gasteiger charge is 2.22. The third kappa shape index (κ3) is 4.19. The SMILES string of the molecule is CN=C(NCCN1CCCCC1C)NC1CC1. The van der Waals surface area contributed by atoms with Gasteiger partial charge in [0.1, 0.15) is 0 Å². The molecule has 17 heavy (non-hydrogen) atoms. The largest absolute Gasteiger partial charge is 0.355 e. The van der Waals surface area contributed by atoms with E-state index in [0.717, 1.165) is 25.1 Å². The van der Waals surface area contributed by atoms with E-state index in [1.807, 2.05) is 7.05 Å². The van der Waals surface area contributed by atoms with Gasteiger partial charge in [0.25, 0.3) is 0 Å². The van der Waals surface area contributed by atoms with Gasteiger partial charge in [0.15, 0.2) is 5.96 Å². The highest BCUT2D eigenvalue weighted by Crippen LogP contribution is 2.18. The number of rotatable bonds is 4. The Hall–Kier alpha value is -0.770. The van der Waals surface area contributed by atoms with Crippen molar-refractivity contribution < 1.29 is 0 Å². The third-order valence-corrected chi connectivity index (χ3v) is 3.77. The number of aliphatic imine (C=N–C) groups is 1. The van der Waals surface area contributed by atoms with Gasteiger partial charge in [0.2, 0.25) is 0 Å². The zero-order valence-corrected chi connectivity index (χ0v) is 11.2. The second-order valence-electron chi connectivity index (χ2n) is 5.30. The molecule has 1 saturated heterocycles. The van der Waals surface area contributed by atoms with Crippen molar-refractivity contribution in [2.24, 2.45) is 4.99 Å². The number of likely N-dealkylation sites (tertiary alicyclic amines) is 1. The van der Waals surface area contributed by atoms with E-state index >= 15 is 0 Å². The molecule has 1 saturated carbocycles. The lowest BCUT2D eigenvalue weighted by atomic mass is 10.0. The molecular formula is C13H26N4. The summed E-state index contributed by atoms with van der Waals surface area (Å²) in [6.45, 7) is 5.73. The maximum Gasteiger partial charge on any atom is 0.191 e. The molecule has 0 bridgehead atoms. The van der Waals surface area contributed by atoms with Crippen molar-refractivity contribution in [3.63, 3.8) is 0 Å². The van der Waals surface area contributed by atoms with Crippen molar-refractivity contribution in [1.82, 2.24) is 15.5 Å². The molecule has 0 aromatic rings. The van der Waals surface area contributed by atoms with Crippen LogP contribution in [-0.2, 0) is 0 Å². The summed E-state index contributed by atoms with van der Waals surface area (Å²) < 4.78 is 0. The van der Waals surface area contributed by atoms with Crippen LogP contribution in [-0.4, -0.2) is 49.6 Å². The first-order chi connectivity index (χ1) is 8.29. The van der Waals surface area contributed by atoms with Crippen LogP contribution in [0.4, 0.5) is 0 Å². The highest BCUT2D eigenvalue weighted by molar-refractivity contribution is 5.80. The van der Waals surface area contributed by atoms with Gasteiger partial charge in [0, 0.05) is 32.2 Å².